The normalized spacial score (nSPS) is 30.7. The van der Waals surface area contributed by atoms with Crippen molar-refractivity contribution >= 4 is 11.7 Å². The summed E-state index contributed by atoms with van der Waals surface area (Å²) in [6, 6.07) is 8.75. The molecule has 31 heavy (non-hydrogen) atoms. The quantitative estimate of drug-likeness (QED) is 0.781. The van der Waals surface area contributed by atoms with Crippen molar-refractivity contribution in [2.75, 3.05) is 5.32 Å². The minimum Gasteiger partial charge on any atom is -0.387 e. The summed E-state index contributed by atoms with van der Waals surface area (Å²) in [4.78, 5) is 29.4. The number of ether oxygens (including phenoxy) is 2. The largest absolute Gasteiger partial charge is 0.387 e. The van der Waals surface area contributed by atoms with Gasteiger partial charge in [0.25, 0.3) is 5.91 Å². The van der Waals surface area contributed by atoms with E-state index in [1.165, 1.54) is 4.57 Å². The van der Waals surface area contributed by atoms with Gasteiger partial charge in [-0.15, -0.1) is 0 Å². The zero-order chi connectivity index (χ0) is 21.8. The lowest BCUT2D eigenvalue weighted by atomic mass is 9.78. The van der Waals surface area contributed by atoms with Crippen molar-refractivity contribution in [3.8, 4) is 0 Å². The van der Waals surface area contributed by atoms with Gasteiger partial charge in [0.1, 0.15) is 29.2 Å². The standard InChI is InChI=1S/C23H27N3O5/c1-3-23-17(27)16(30-22(23)11-7-8-12-22)20(31-23)26-13-14(2)18(25-21(26)29)24-19(28)15-9-5-4-6-10-15/h4-6,9-10,13,16-17,20,27H,3,7-8,11-12H2,1-2H3,(H,24,25,28,29)/t16-,17?,20+,23+/m0/s1. The first-order valence-corrected chi connectivity index (χ1v) is 10.9. The van der Waals surface area contributed by atoms with E-state index in [0.717, 1.165) is 25.7 Å². The van der Waals surface area contributed by atoms with Crippen LogP contribution in [0.1, 0.15) is 61.2 Å². The van der Waals surface area contributed by atoms with Gasteiger partial charge < -0.3 is 19.9 Å². The average molecular weight is 425 g/mol. The number of amides is 1. The third kappa shape index (κ3) is 2.89. The molecular formula is C23H27N3O5. The molecule has 2 aliphatic heterocycles. The summed E-state index contributed by atoms with van der Waals surface area (Å²) in [6.07, 6.45) is 3.85. The van der Waals surface area contributed by atoms with Gasteiger partial charge >= 0.3 is 5.69 Å². The number of carbonyl (C=O) groups is 1. The number of carbonyl (C=O) groups excluding carboxylic acids is 1. The Morgan fingerprint density at radius 3 is 2.65 bits per heavy atom. The van der Waals surface area contributed by atoms with Crippen molar-refractivity contribution in [2.24, 2.45) is 0 Å². The number of benzene rings is 1. The second-order valence-corrected chi connectivity index (χ2v) is 8.76. The van der Waals surface area contributed by atoms with Gasteiger partial charge in [-0.25, -0.2) is 4.79 Å². The number of fused-ring (bicyclic) bond motifs is 3. The fourth-order valence-electron chi connectivity index (χ4n) is 5.59. The summed E-state index contributed by atoms with van der Waals surface area (Å²) in [6.45, 7) is 3.76. The van der Waals surface area contributed by atoms with Gasteiger partial charge in [0.2, 0.25) is 0 Å². The monoisotopic (exact) mass is 425 g/mol. The summed E-state index contributed by atoms with van der Waals surface area (Å²) in [7, 11) is 0. The molecule has 164 valence electrons. The average Bonchev–Trinajstić information content (AvgIpc) is 3.42. The number of hydrogen-bond acceptors (Lipinski definition) is 6. The van der Waals surface area contributed by atoms with Crippen LogP contribution in [-0.2, 0) is 9.47 Å². The van der Waals surface area contributed by atoms with Crippen molar-refractivity contribution in [2.45, 2.75) is 75.6 Å². The number of nitrogens with zero attached hydrogens (tertiary/aromatic N) is 2. The molecule has 1 saturated carbocycles. The summed E-state index contributed by atoms with van der Waals surface area (Å²) in [5, 5.41) is 13.8. The number of aromatic nitrogens is 2. The Morgan fingerprint density at radius 1 is 1.26 bits per heavy atom. The molecule has 1 aromatic carbocycles. The van der Waals surface area contributed by atoms with Crippen molar-refractivity contribution in [3.63, 3.8) is 0 Å². The molecule has 1 aliphatic carbocycles. The molecular weight excluding hydrogens is 398 g/mol. The maximum Gasteiger partial charge on any atom is 0.351 e. The second kappa shape index (κ2) is 7.25. The van der Waals surface area contributed by atoms with Gasteiger partial charge in [-0.3, -0.25) is 9.36 Å². The van der Waals surface area contributed by atoms with Crippen LogP contribution >= 0.6 is 0 Å². The second-order valence-electron chi connectivity index (χ2n) is 8.76. The van der Waals surface area contributed by atoms with E-state index in [4.69, 9.17) is 9.47 Å². The molecule has 2 bridgehead atoms. The van der Waals surface area contributed by atoms with Crippen molar-refractivity contribution < 1.29 is 19.4 Å². The highest BCUT2D eigenvalue weighted by atomic mass is 16.7. The van der Waals surface area contributed by atoms with Crippen LogP contribution in [0.5, 0.6) is 0 Å². The topological polar surface area (TPSA) is 103 Å². The van der Waals surface area contributed by atoms with Gasteiger partial charge in [-0.2, -0.15) is 4.98 Å². The van der Waals surface area contributed by atoms with Crippen LogP contribution in [-0.4, -0.2) is 44.0 Å². The van der Waals surface area contributed by atoms with Crippen LogP contribution in [0.25, 0.3) is 0 Å². The Labute approximate surface area is 180 Å². The minimum atomic E-state index is -0.813. The zero-order valence-electron chi connectivity index (χ0n) is 17.7. The summed E-state index contributed by atoms with van der Waals surface area (Å²) >= 11 is 0. The fourth-order valence-corrected chi connectivity index (χ4v) is 5.59. The first kappa shape index (κ1) is 20.4. The highest BCUT2D eigenvalue weighted by Crippen LogP contribution is 2.60. The lowest BCUT2D eigenvalue weighted by molar-refractivity contribution is -0.260. The van der Waals surface area contributed by atoms with E-state index < -0.39 is 35.3 Å². The number of aliphatic hydroxyl groups is 1. The Balaban J connectivity index is 1.43. The molecule has 1 spiro atoms. The Hall–Kier alpha value is -2.55. The molecule has 2 N–H and O–H groups in total. The SMILES string of the molecule is CC[C@]12O[C@@H](n3cc(C)c(NC(=O)c4ccccc4)nc3=O)[C@@H](OC13CCCC3)C2O. The molecule has 4 atom stereocenters. The maximum absolute atomic E-state index is 12.9. The molecule has 0 radical (unpaired) electrons. The van der Waals surface area contributed by atoms with E-state index in [0.29, 0.717) is 17.5 Å². The van der Waals surface area contributed by atoms with Crippen LogP contribution in [0.15, 0.2) is 41.3 Å². The predicted octanol–water partition coefficient (Wildman–Crippen LogP) is 2.55. The molecule has 3 fully saturated rings. The molecule has 1 amide bonds. The van der Waals surface area contributed by atoms with Gasteiger partial charge in [0.15, 0.2) is 6.23 Å². The molecule has 1 unspecified atom stereocenters. The van der Waals surface area contributed by atoms with E-state index in [2.05, 4.69) is 10.3 Å². The van der Waals surface area contributed by atoms with Crippen LogP contribution < -0.4 is 11.0 Å². The van der Waals surface area contributed by atoms with Gasteiger partial charge in [0.05, 0.1) is 0 Å². The highest BCUT2D eigenvalue weighted by Gasteiger charge is 2.73. The van der Waals surface area contributed by atoms with Crippen molar-refractivity contribution in [1.29, 1.82) is 0 Å². The van der Waals surface area contributed by atoms with Gasteiger partial charge in [-0.1, -0.05) is 38.0 Å². The van der Waals surface area contributed by atoms with Crippen LogP contribution in [0.2, 0.25) is 0 Å². The number of aryl methyl sites for hydroxylation is 1. The molecule has 1 aromatic heterocycles. The smallest absolute Gasteiger partial charge is 0.351 e. The molecule has 8 heteroatoms. The van der Waals surface area contributed by atoms with Crippen molar-refractivity contribution in [3.05, 3.63) is 58.1 Å². The summed E-state index contributed by atoms with van der Waals surface area (Å²) in [5.41, 5.74) is -0.753. The molecule has 2 aromatic rings. The van der Waals surface area contributed by atoms with E-state index in [9.17, 15) is 14.7 Å². The first-order valence-electron chi connectivity index (χ1n) is 10.9. The number of rotatable bonds is 4. The third-order valence-corrected chi connectivity index (χ3v) is 7.15. The van der Waals surface area contributed by atoms with Gasteiger partial charge in [-0.05, 0) is 38.3 Å². The number of aliphatic hydroxyl groups excluding tert-OH is 1. The first-order chi connectivity index (χ1) is 14.9. The van der Waals surface area contributed by atoms with Crippen molar-refractivity contribution in [1.82, 2.24) is 9.55 Å². The van der Waals surface area contributed by atoms with E-state index in [1.54, 1.807) is 37.4 Å². The number of anilines is 1. The summed E-state index contributed by atoms with van der Waals surface area (Å²) < 4.78 is 14.2. The Morgan fingerprint density at radius 2 is 1.97 bits per heavy atom. The number of nitrogens with one attached hydrogen (secondary N) is 1. The molecule has 2 saturated heterocycles. The predicted molar refractivity (Wildman–Crippen MR) is 113 cm³/mol. The molecule has 3 aliphatic rings. The molecule has 5 rings (SSSR count). The molecule has 3 heterocycles. The van der Waals surface area contributed by atoms with Gasteiger partial charge in [0, 0.05) is 17.3 Å². The van der Waals surface area contributed by atoms with E-state index >= 15 is 0 Å². The third-order valence-electron chi connectivity index (χ3n) is 7.15. The van der Waals surface area contributed by atoms with Crippen LogP contribution in [0.3, 0.4) is 0 Å². The Bertz CT molecular complexity index is 1060. The van der Waals surface area contributed by atoms with E-state index in [-0.39, 0.29) is 11.7 Å². The highest BCUT2D eigenvalue weighted by molar-refractivity contribution is 6.03. The summed E-state index contributed by atoms with van der Waals surface area (Å²) in [5.74, 6) is -0.131. The lowest BCUT2D eigenvalue weighted by Crippen LogP contribution is -2.56. The fraction of sp³-hybridized carbons (Fsp3) is 0.522. The minimum absolute atomic E-state index is 0.206. The Kier molecular flexibility index (Phi) is 4.76. The number of hydrogen-bond donors (Lipinski definition) is 2. The maximum atomic E-state index is 12.9. The molecule has 8 nitrogen and oxygen atoms in total. The van der Waals surface area contributed by atoms with Crippen LogP contribution in [0.4, 0.5) is 5.82 Å². The lowest BCUT2D eigenvalue weighted by Gasteiger charge is -2.45. The zero-order valence-corrected chi connectivity index (χ0v) is 17.7. The van der Waals surface area contributed by atoms with Crippen LogP contribution in [0, 0.1) is 6.92 Å². The van der Waals surface area contributed by atoms with E-state index in [1.807, 2.05) is 13.0 Å².